The molecule has 0 radical (unpaired) electrons. The Morgan fingerprint density at radius 3 is 2.42 bits per heavy atom. The van der Waals surface area contributed by atoms with Crippen LogP contribution in [0.1, 0.15) is 73.1 Å². The second-order valence-corrected chi connectivity index (χ2v) is 11.5. The van der Waals surface area contributed by atoms with Crippen LogP contribution in [-0.2, 0) is 12.8 Å². The number of carbonyl (C=O) groups is 1. The molecule has 0 unspecified atom stereocenters. The molecule has 6 heteroatoms. The molecule has 4 saturated carbocycles. The smallest absolute Gasteiger partial charge is 0.319 e. The van der Waals surface area contributed by atoms with Crippen molar-refractivity contribution in [1.29, 1.82) is 0 Å². The van der Waals surface area contributed by atoms with Crippen LogP contribution in [0.5, 0.6) is 0 Å². The molecule has 0 aliphatic heterocycles. The molecule has 2 N–H and O–H groups in total. The summed E-state index contributed by atoms with van der Waals surface area (Å²) in [7, 11) is 0. The first kappa shape index (κ1) is 20.1. The average Bonchev–Trinajstić information content (AvgIpc) is 3.10. The summed E-state index contributed by atoms with van der Waals surface area (Å²) in [5.41, 5.74) is 4.14. The van der Waals surface area contributed by atoms with E-state index in [-0.39, 0.29) is 5.91 Å². The third kappa shape index (κ3) is 3.51. The fraction of sp³-hybridized carbons (Fsp3) is 0.600. The highest BCUT2D eigenvalue weighted by Crippen LogP contribution is 2.59. The van der Waals surface area contributed by atoms with Crippen LogP contribution < -0.4 is 10.00 Å². The van der Waals surface area contributed by atoms with Crippen molar-refractivity contribution in [2.24, 2.45) is 23.2 Å². The number of H-pyrrole nitrogens is 1. The van der Waals surface area contributed by atoms with E-state index in [0.717, 1.165) is 72.6 Å². The predicted molar refractivity (Wildman–Crippen MR) is 122 cm³/mol. The van der Waals surface area contributed by atoms with Crippen molar-refractivity contribution in [3.05, 3.63) is 45.2 Å². The largest absolute Gasteiger partial charge is 0.346 e. The number of nitrogens with zero attached hydrogens (tertiary/aromatic N) is 1. The van der Waals surface area contributed by atoms with Gasteiger partial charge in [-0.25, -0.2) is 0 Å². The number of carbonyl (C=O) groups excluding carboxylic acids is 1. The summed E-state index contributed by atoms with van der Waals surface area (Å²) in [5.74, 6) is 2.70. The summed E-state index contributed by atoms with van der Waals surface area (Å²) in [6.07, 6.45) is 12.3. The second kappa shape index (κ2) is 7.52. The maximum Gasteiger partial charge on any atom is 0.319 e. The number of halogens is 2. The van der Waals surface area contributed by atoms with Crippen LogP contribution in [0, 0.1) is 23.2 Å². The fourth-order valence-electron chi connectivity index (χ4n) is 7.56. The molecule has 2 aromatic rings. The zero-order chi connectivity index (χ0) is 21.2. The number of benzene rings is 1. The van der Waals surface area contributed by atoms with Crippen LogP contribution in [0.15, 0.2) is 18.2 Å². The van der Waals surface area contributed by atoms with E-state index in [1.807, 2.05) is 16.8 Å². The topological polar surface area (TPSA) is 48.8 Å². The zero-order valence-corrected chi connectivity index (χ0v) is 19.4. The van der Waals surface area contributed by atoms with Crippen LogP contribution in [0.2, 0.25) is 10.0 Å². The summed E-state index contributed by atoms with van der Waals surface area (Å²) in [4.78, 5) is 13.6. The Balaban J connectivity index is 1.31. The van der Waals surface area contributed by atoms with Gasteiger partial charge in [-0.2, -0.15) is 5.10 Å². The summed E-state index contributed by atoms with van der Waals surface area (Å²) >= 11 is 12.7. The highest BCUT2D eigenvalue weighted by Gasteiger charge is 2.51. The molecule has 0 spiro atoms. The number of aromatic nitrogens is 2. The van der Waals surface area contributed by atoms with Gasteiger partial charge in [0, 0.05) is 17.6 Å². The molecule has 1 amide bonds. The molecule has 1 aromatic heterocycles. The Kier molecular flexibility index (Phi) is 4.88. The highest BCUT2D eigenvalue weighted by atomic mass is 35.5. The summed E-state index contributed by atoms with van der Waals surface area (Å²) in [6.45, 7) is 0.809. The van der Waals surface area contributed by atoms with Gasteiger partial charge in [0.05, 0.1) is 11.3 Å². The highest BCUT2D eigenvalue weighted by molar-refractivity contribution is 6.35. The number of hydrogen-bond donors (Lipinski definition) is 2. The lowest BCUT2D eigenvalue weighted by Gasteiger charge is -2.56. The van der Waals surface area contributed by atoms with Crippen molar-refractivity contribution in [1.82, 2.24) is 10.4 Å². The van der Waals surface area contributed by atoms with E-state index in [1.165, 1.54) is 38.5 Å². The Morgan fingerprint density at radius 2 is 1.74 bits per heavy atom. The second-order valence-electron chi connectivity index (χ2n) is 10.7. The van der Waals surface area contributed by atoms with E-state index in [1.54, 1.807) is 6.07 Å². The normalized spacial score (nSPS) is 31.0. The van der Waals surface area contributed by atoms with Crippen LogP contribution in [0.25, 0.3) is 5.69 Å². The van der Waals surface area contributed by atoms with E-state index in [4.69, 9.17) is 23.2 Å². The molecular formula is C25H30Cl2N3O+. The maximum absolute atomic E-state index is 13.6. The lowest BCUT2D eigenvalue weighted by atomic mass is 9.49. The number of aromatic amines is 1. The number of fused-ring (bicyclic) bond motifs is 1. The lowest BCUT2D eigenvalue weighted by molar-refractivity contribution is -0.657. The quantitative estimate of drug-likeness (QED) is 0.589. The third-order valence-electron chi connectivity index (χ3n) is 8.38. The Morgan fingerprint density at radius 1 is 1.06 bits per heavy atom. The predicted octanol–water partition coefficient (Wildman–Crippen LogP) is 5.42. The van der Waals surface area contributed by atoms with E-state index in [2.05, 4.69) is 10.4 Å². The number of hydrogen-bond acceptors (Lipinski definition) is 1. The molecule has 1 heterocycles. The standard InChI is InChI=1S/C25H29Cl2N3O/c26-18-5-6-22(20(27)10-18)30-23(19-3-1-2-4-21(19)29-30)24(31)28-14-25-11-15-7-16(12-25)9-17(8-15)13-25/h5-6,10,15-17H,1-4,7-9,11-14H2,(H,28,31)/p+1. The molecule has 4 nitrogen and oxygen atoms in total. The van der Waals surface area contributed by atoms with Gasteiger partial charge >= 0.3 is 11.6 Å². The minimum atomic E-state index is 0.0289. The van der Waals surface area contributed by atoms with Crippen LogP contribution in [0.3, 0.4) is 0 Å². The van der Waals surface area contributed by atoms with Crippen LogP contribution in [0.4, 0.5) is 0 Å². The molecule has 5 aliphatic carbocycles. The lowest BCUT2D eigenvalue weighted by Crippen LogP contribution is -2.52. The maximum atomic E-state index is 13.6. The number of amides is 1. The minimum absolute atomic E-state index is 0.0289. The molecule has 0 saturated heterocycles. The SMILES string of the molecule is O=C(NCC12CC3CC(CC(C3)C1)C2)c1c2c([nH][n+]1-c1ccc(Cl)cc1Cl)CCCC2. The summed E-state index contributed by atoms with van der Waals surface area (Å²) < 4.78 is 1.89. The Labute approximate surface area is 193 Å². The van der Waals surface area contributed by atoms with Crippen LogP contribution in [-0.4, -0.2) is 17.6 Å². The first-order valence-corrected chi connectivity index (χ1v) is 12.6. The molecule has 164 valence electrons. The van der Waals surface area contributed by atoms with E-state index in [9.17, 15) is 4.79 Å². The molecular weight excluding hydrogens is 429 g/mol. The third-order valence-corrected chi connectivity index (χ3v) is 8.92. The summed E-state index contributed by atoms with van der Waals surface area (Å²) in [6, 6.07) is 5.46. The van der Waals surface area contributed by atoms with Gasteiger partial charge in [0.1, 0.15) is 5.02 Å². The van der Waals surface area contributed by atoms with E-state index < -0.39 is 0 Å². The molecule has 4 fully saturated rings. The summed E-state index contributed by atoms with van der Waals surface area (Å²) in [5, 5.41) is 8.01. The van der Waals surface area contributed by atoms with Gasteiger partial charge < -0.3 is 5.32 Å². The van der Waals surface area contributed by atoms with Gasteiger partial charge in [0.15, 0.2) is 0 Å². The molecule has 0 atom stereocenters. The van der Waals surface area contributed by atoms with Gasteiger partial charge in [0.25, 0.3) is 5.69 Å². The molecule has 31 heavy (non-hydrogen) atoms. The van der Waals surface area contributed by atoms with Crippen molar-refractivity contribution >= 4 is 29.1 Å². The first-order valence-electron chi connectivity index (χ1n) is 11.9. The fourth-order valence-corrected chi connectivity index (χ4v) is 8.05. The van der Waals surface area contributed by atoms with Crippen molar-refractivity contribution < 1.29 is 9.48 Å². The van der Waals surface area contributed by atoms with Crippen molar-refractivity contribution in [3.63, 3.8) is 0 Å². The van der Waals surface area contributed by atoms with Gasteiger partial charge in [-0.1, -0.05) is 27.9 Å². The monoisotopic (exact) mass is 458 g/mol. The van der Waals surface area contributed by atoms with E-state index in [0.29, 0.717) is 15.5 Å². The number of rotatable bonds is 4. The van der Waals surface area contributed by atoms with Crippen molar-refractivity contribution in [3.8, 4) is 5.69 Å². The van der Waals surface area contributed by atoms with Crippen molar-refractivity contribution in [2.45, 2.75) is 64.2 Å². The van der Waals surface area contributed by atoms with Gasteiger partial charge in [0.2, 0.25) is 0 Å². The number of aryl methyl sites for hydroxylation is 1. The van der Waals surface area contributed by atoms with Crippen LogP contribution >= 0.6 is 23.2 Å². The van der Waals surface area contributed by atoms with E-state index >= 15 is 0 Å². The molecule has 1 aromatic carbocycles. The Bertz CT molecular complexity index is 1010. The molecule has 7 rings (SSSR count). The Hall–Kier alpha value is -1.52. The minimum Gasteiger partial charge on any atom is -0.346 e. The number of nitrogens with one attached hydrogen (secondary N) is 2. The van der Waals surface area contributed by atoms with Gasteiger partial charge in [-0.15, -0.1) is 0 Å². The molecule has 4 bridgehead atoms. The van der Waals surface area contributed by atoms with Gasteiger partial charge in [-0.05, 0) is 99.5 Å². The molecule has 5 aliphatic rings. The zero-order valence-electron chi connectivity index (χ0n) is 17.9. The average molecular weight is 459 g/mol. The van der Waals surface area contributed by atoms with Gasteiger partial charge in [-0.3, -0.25) is 4.79 Å². The first-order chi connectivity index (χ1) is 15.0. The van der Waals surface area contributed by atoms with Crippen molar-refractivity contribution in [2.75, 3.05) is 6.54 Å².